The highest BCUT2D eigenvalue weighted by Crippen LogP contribution is 2.61. The van der Waals surface area contributed by atoms with Gasteiger partial charge in [-0.15, -0.1) is 0 Å². The molecule has 0 aromatic heterocycles. The second-order valence-corrected chi connectivity index (χ2v) is 6.74. The fraction of sp³-hybridized carbons (Fsp3) is 0.333. The van der Waals surface area contributed by atoms with E-state index in [1.807, 2.05) is 30.3 Å². The predicted molar refractivity (Wildman–Crippen MR) is 95.8 cm³/mol. The summed E-state index contributed by atoms with van der Waals surface area (Å²) in [4.78, 5) is 22.7. The van der Waals surface area contributed by atoms with Crippen LogP contribution in [0.2, 0.25) is 0 Å². The SMILES string of the molecule is CC(=O)Oc1cc(OC(C)=O)cc([C@@H]2O[C@]2(c2ccccc2)C(C)C)c1. The maximum absolute atomic E-state index is 11.3. The van der Waals surface area contributed by atoms with Crippen molar-refractivity contribution in [3.8, 4) is 11.5 Å². The first-order chi connectivity index (χ1) is 12.3. The number of rotatable bonds is 5. The van der Waals surface area contributed by atoms with Crippen LogP contribution in [0.4, 0.5) is 0 Å². The van der Waals surface area contributed by atoms with Crippen LogP contribution in [-0.2, 0) is 19.9 Å². The molecule has 5 nitrogen and oxygen atoms in total. The lowest BCUT2D eigenvalue weighted by molar-refractivity contribution is -0.132. The Hall–Kier alpha value is -2.66. The first kappa shape index (κ1) is 18.1. The lowest BCUT2D eigenvalue weighted by Gasteiger charge is -2.18. The van der Waals surface area contributed by atoms with Crippen molar-refractivity contribution in [2.45, 2.75) is 39.4 Å². The number of epoxide rings is 1. The molecule has 26 heavy (non-hydrogen) atoms. The molecular formula is C21H22O5. The largest absolute Gasteiger partial charge is 0.427 e. The average molecular weight is 354 g/mol. The fourth-order valence-electron chi connectivity index (χ4n) is 3.36. The molecule has 0 aliphatic carbocycles. The van der Waals surface area contributed by atoms with Gasteiger partial charge in [-0.2, -0.15) is 0 Å². The number of ether oxygens (including phenoxy) is 3. The second-order valence-electron chi connectivity index (χ2n) is 6.74. The third-order valence-electron chi connectivity index (χ3n) is 4.46. The molecule has 2 aromatic rings. The fourth-order valence-corrected chi connectivity index (χ4v) is 3.36. The first-order valence-electron chi connectivity index (χ1n) is 8.58. The summed E-state index contributed by atoms with van der Waals surface area (Å²) < 4.78 is 16.6. The number of benzene rings is 2. The smallest absolute Gasteiger partial charge is 0.308 e. The van der Waals surface area contributed by atoms with E-state index in [9.17, 15) is 9.59 Å². The predicted octanol–water partition coefficient (Wildman–Crippen LogP) is 4.16. The van der Waals surface area contributed by atoms with Crippen molar-refractivity contribution in [2.24, 2.45) is 5.92 Å². The van der Waals surface area contributed by atoms with Crippen LogP contribution in [0.3, 0.4) is 0 Å². The normalized spacial score (nSPS) is 21.3. The van der Waals surface area contributed by atoms with Gasteiger partial charge in [0.1, 0.15) is 23.2 Å². The van der Waals surface area contributed by atoms with Crippen molar-refractivity contribution in [2.75, 3.05) is 0 Å². The molecule has 0 radical (unpaired) electrons. The summed E-state index contributed by atoms with van der Waals surface area (Å²) in [5, 5.41) is 0. The van der Waals surface area contributed by atoms with Crippen molar-refractivity contribution < 1.29 is 23.8 Å². The van der Waals surface area contributed by atoms with Crippen molar-refractivity contribution >= 4 is 11.9 Å². The van der Waals surface area contributed by atoms with Crippen LogP contribution in [-0.4, -0.2) is 11.9 Å². The van der Waals surface area contributed by atoms with Gasteiger partial charge < -0.3 is 14.2 Å². The highest BCUT2D eigenvalue weighted by Gasteiger charge is 2.60. The molecule has 0 spiro atoms. The molecule has 1 saturated heterocycles. The molecule has 136 valence electrons. The standard InChI is InChI=1S/C21H22O5/c1-13(2)21(17-8-6-5-7-9-17)20(26-21)16-10-18(24-14(3)22)12-19(11-16)25-15(4)23/h5-13,20H,1-4H3/t20-,21-/m0/s1. The Morgan fingerprint density at radius 1 is 0.962 bits per heavy atom. The summed E-state index contributed by atoms with van der Waals surface area (Å²) >= 11 is 0. The van der Waals surface area contributed by atoms with Gasteiger partial charge in [0.15, 0.2) is 0 Å². The van der Waals surface area contributed by atoms with E-state index in [1.165, 1.54) is 19.9 Å². The van der Waals surface area contributed by atoms with Gasteiger partial charge in [0.05, 0.1) is 0 Å². The van der Waals surface area contributed by atoms with Gasteiger partial charge >= 0.3 is 11.9 Å². The van der Waals surface area contributed by atoms with Gasteiger partial charge in [-0.25, -0.2) is 0 Å². The summed E-state index contributed by atoms with van der Waals surface area (Å²) in [6.45, 7) is 6.87. The van der Waals surface area contributed by atoms with Crippen LogP contribution in [0, 0.1) is 5.92 Å². The van der Waals surface area contributed by atoms with Crippen molar-refractivity contribution in [1.82, 2.24) is 0 Å². The minimum absolute atomic E-state index is 0.213. The molecular weight excluding hydrogens is 332 g/mol. The maximum Gasteiger partial charge on any atom is 0.308 e. The van der Waals surface area contributed by atoms with Crippen LogP contribution in [0.5, 0.6) is 11.5 Å². The van der Waals surface area contributed by atoms with Crippen LogP contribution in [0.25, 0.3) is 0 Å². The maximum atomic E-state index is 11.3. The zero-order chi connectivity index (χ0) is 18.9. The van der Waals surface area contributed by atoms with E-state index in [4.69, 9.17) is 14.2 Å². The Kier molecular flexibility index (Phi) is 4.83. The topological polar surface area (TPSA) is 65.1 Å². The molecule has 1 fully saturated rings. The monoisotopic (exact) mass is 354 g/mol. The van der Waals surface area contributed by atoms with Crippen LogP contribution < -0.4 is 9.47 Å². The third-order valence-corrected chi connectivity index (χ3v) is 4.46. The highest BCUT2D eigenvalue weighted by atomic mass is 16.6. The highest BCUT2D eigenvalue weighted by molar-refractivity contribution is 5.71. The van der Waals surface area contributed by atoms with Crippen molar-refractivity contribution in [1.29, 1.82) is 0 Å². The Bertz CT molecular complexity index is 793. The molecule has 1 aliphatic heterocycles. The summed E-state index contributed by atoms with van der Waals surface area (Å²) in [6, 6.07) is 15.1. The van der Waals surface area contributed by atoms with Crippen molar-refractivity contribution in [3.05, 3.63) is 59.7 Å². The van der Waals surface area contributed by atoms with Gasteiger partial charge in [0.25, 0.3) is 0 Å². The molecule has 5 heteroatoms. The van der Waals surface area contributed by atoms with E-state index in [-0.39, 0.29) is 12.0 Å². The average Bonchev–Trinajstić information content (AvgIpc) is 3.31. The Balaban J connectivity index is 2.00. The minimum Gasteiger partial charge on any atom is -0.427 e. The van der Waals surface area contributed by atoms with Gasteiger partial charge in [0.2, 0.25) is 0 Å². The van der Waals surface area contributed by atoms with Gasteiger partial charge in [-0.3, -0.25) is 9.59 Å². The lowest BCUT2D eigenvalue weighted by Crippen LogP contribution is -2.18. The van der Waals surface area contributed by atoms with Gasteiger partial charge in [-0.1, -0.05) is 44.2 Å². The summed E-state index contributed by atoms with van der Waals surface area (Å²) in [5.74, 6) is 0.000961. The Labute approximate surface area is 152 Å². The van der Waals surface area contributed by atoms with Gasteiger partial charge in [-0.05, 0) is 29.2 Å². The molecule has 0 saturated carbocycles. The van der Waals surface area contributed by atoms with E-state index < -0.39 is 17.5 Å². The molecule has 1 aliphatic rings. The second kappa shape index (κ2) is 6.92. The van der Waals surface area contributed by atoms with E-state index >= 15 is 0 Å². The van der Waals surface area contributed by atoms with Crippen LogP contribution in [0.15, 0.2) is 48.5 Å². The van der Waals surface area contributed by atoms with Crippen LogP contribution in [0.1, 0.15) is 44.9 Å². The van der Waals surface area contributed by atoms with E-state index in [1.54, 1.807) is 12.1 Å². The molecule has 3 rings (SSSR count). The van der Waals surface area contributed by atoms with Crippen molar-refractivity contribution in [3.63, 3.8) is 0 Å². The Morgan fingerprint density at radius 3 is 1.96 bits per heavy atom. The number of esters is 2. The number of carbonyl (C=O) groups is 2. The Morgan fingerprint density at radius 2 is 1.50 bits per heavy atom. The van der Waals surface area contributed by atoms with E-state index in [0.717, 1.165) is 11.1 Å². The van der Waals surface area contributed by atoms with Gasteiger partial charge in [0, 0.05) is 19.9 Å². The third kappa shape index (κ3) is 3.48. The number of carbonyl (C=O) groups excluding carboxylic acids is 2. The van der Waals surface area contributed by atoms with E-state index in [2.05, 4.69) is 13.8 Å². The quantitative estimate of drug-likeness (QED) is 0.458. The summed E-state index contributed by atoms with van der Waals surface area (Å²) in [5.41, 5.74) is 1.44. The van der Waals surface area contributed by atoms with E-state index in [0.29, 0.717) is 11.5 Å². The summed E-state index contributed by atoms with van der Waals surface area (Å²) in [7, 11) is 0. The number of hydrogen-bond donors (Lipinski definition) is 0. The number of hydrogen-bond acceptors (Lipinski definition) is 5. The molecule has 1 heterocycles. The lowest BCUT2D eigenvalue weighted by atomic mass is 9.83. The molecule has 2 atom stereocenters. The summed E-state index contributed by atoms with van der Waals surface area (Å²) in [6.07, 6.45) is -0.213. The zero-order valence-electron chi connectivity index (χ0n) is 15.3. The molecule has 0 bridgehead atoms. The molecule has 2 aromatic carbocycles. The molecule has 0 N–H and O–H groups in total. The zero-order valence-corrected chi connectivity index (χ0v) is 15.3. The van der Waals surface area contributed by atoms with Crippen LogP contribution >= 0.6 is 0 Å². The molecule has 0 unspecified atom stereocenters. The minimum atomic E-state index is -0.455. The molecule has 0 amide bonds. The first-order valence-corrected chi connectivity index (χ1v) is 8.58.